The van der Waals surface area contributed by atoms with Crippen molar-refractivity contribution in [1.29, 1.82) is 0 Å². The molecule has 0 bridgehead atoms. The number of aromatic nitrogens is 1. The normalized spacial score (nSPS) is 12.4. The van der Waals surface area contributed by atoms with Crippen LogP contribution in [0.1, 0.15) is 17.3 Å². The van der Waals surface area contributed by atoms with Gasteiger partial charge in [-0.25, -0.2) is 4.39 Å². The average molecular weight is 295 g/mol. The molecule has 0 aliphatic rings. The molecule has 0 saturated heterocycles. The molecule has 1 heterocycles. The molecule has 1 aromatic heterocycles. The van der Waals surface area contributed by atoms with Crippen molar-refractivity contribution in [2.45, 2.75) is 12.5 Å². The summed E-state index contributed by atoms with van der Waals surface area (Å²) in [5.41, 5.74) is 7.36. The van der Waals surface area contributed by atoms with Crippen molar-refractivity contribution in [3.8, 4) is 0 Å². The fraction of sp³-hybridized carbons (Fsp3) is 0.154. The minimum absolute atomic E-state index is 0.295. The van der Waals surface area contributed by atoms with Crippen LogP contribution in [0.25, 0.3) is 0 Å². The molecule has 1 unspecified atom stereocenters. The van der Waals surface area contributed by atoms with Crippen LogP contribution in [-0.4, -0.2) is 4.98 Å². The Hall–Kier alpha value is -1.26. The van der Waals surface area contributed by atoms with Crippen LogP contribution in [0.2, 0.25) is 0 Å². The van der Waals surface area contributed by atoms with Crippen LogP contribution >= 0.6 is 15.9 Å². The van der Waals surface area contributed by atoms with Crippen LogP contribution in [0.15, 0.2) is 47.1 Å². The largest absolute Gasteiger partial charge is 0.324 e. The van der Waals surface area contributed by atoms with Crippen molar-refractivity contribution in [2.75, 3.05) is 0 Å². The molecule has 0 aliphatic heterocycles. The molecule has 2 rings (SSSR count). The summed E-state index contributed by atoms with van der Waals surface area (Å²) in [6, 6.07) is 10.4. The highest BCUT2D eigenvalue weighted by Gasteiger charge is 2.14. The fourth-order valence-electron chi connectivity index (χ4n) is 1.66. The monoisotopic (exact) mass is 294 g/mol. The van der Waals surface area contributed by atoms with Gasteiger partial charge in [-0.15, -0.1) is 0 Å². The minimum atomic E-state index is -0.387. The SMILES string of the molecule is NC(Cc1ccccn1)c1cccc(Br)c1F. The van der Waals surface area contributed by atoms with Gasteiger partial charge in [-0.1, -0.05) is 18.2 Å². The first-order valence-electron chi connectivity index (χ1n) is 5.28. The molecule has 0 radical (unpaired) electrons. The Bertz CT molecular complexity index is 502. The molecule has 2 aromatic rings. The number of pyridine rings is 1. The molecular weight excluding hydrogens is 283 g/mol. The van der Waals surface area contributed by atoms with Crippen LogP contribution in [0.4, 0.5) is 4.39 Å². The lowest BCUT2D eigenvalue weighted by Gasteiger charge is -2.13. The highest BCUT2D eigenvalue weighted by Crippen LogP contribution is 2.24. The smallest absolute Gasteiger partial charge is 0.142 e. The van der Waals surface area contributed by atoms with Crippen LogP contribution in [-0.2, 0) is 6.42 Å². The van der Waals surface area contributed by atoms with Crippen molar-refractivity contribution in [2.24, 2.45) is 5.73 Å². The number of halogens is 2. The van der Waals surface area contributed by atoms with E-state index in [0.29, 0.717) is 16.5 Å². The Morgan fingerprint density at radius 1 is 1.24 bits per heavy atom. The molecule has 0 spiro atoms. The maximum atomic E-state index is 13.8. The van der Waals surface area contributed by atoms with E-state index in [1.54, 1.807) is 24.4 Å². The molecule has 0 amide bonds. The average Bonchev–Trinajstić information content (AvgIpc) is 2.34. The maximum Gasteiger partial charge on any atom is 0.142 e. The van der Waals surface area contributed by atoms with Crippen molar-refractivity contribution >= 4 is 15.9 Å². The molecule has 88 valence electrons. The van der Waals surface area contributed by atoms with Gasteiger partial charge < -0.3 is 5.73 Å². The standard InChI is InChI=1S/C13H12BrFN2/c14-11-6-3-5-10(13(11)15)12(16)8-9-4-1-2-7-17-9/h1-7,12H,8,16H2. The van der Waals surface area contributed by atoms with E-state index < -0.39 is 0 Å². The van der Waals surface area contributed by atoms with E-state index in [9.17, 15) is 4.39 Å². The number of benzene rings is 1. The number of hydrogen-bond acceptors (Lipinski definition) is 2. The predicted octanol–water partition coefficient (Wildman–Crippen LogP) is 3.23. The van der Waals surface area contributed by atoms with E-state index in [4.69, 9.17) is 5.73 Å². The van der Waals surface area contributed by atoms with Gasteiger partial charge in [0.2, 0.25) is 0 Å². The van der Waals surface area contributed by atoms with Crippen LogP contribution < -0.4 is 5.73 Å². The number of nitrogens with zero attached hydrogens (tertiary/aromatic N) is 1. The Labute approximate surface area is 108 Å². The predicted molar refractivity (Wildman–Crippen MR) is 69.0 cm³/mol. The Kier molecular flexibility index (Phi) is 3.86. The number of nitrogens with two attached hydrogens (primary N) is 1. The third-order valence-electron chi connectivity index (χ3n) is 2.54. The van der Waals surface area contributed by atoms with Crippen molar-refractivity contribution in [1.82, 2.24) is 4.98 Å². The van der Waals surface area contributed by atoms with Gasteiger partial charge in [0.05, 0.1) is 4.47 Å². The molecule has 1 aromatic carbocycles. The van der Waals surface area contributed by atoms with E-state index in [0.717, 1.165) is 5.69 Å². The Balaban J connectivity index is 2.20. The zero-order valence-electron chi connectivity index (χ0n) is 9.11. The molecule has 17 heavy (non-hydrogen) atoms. The van der Waals surface area contributed by atoms with Crippen molar-refractivity contribution in [3.05, 3.63) is 64.1 Å². The molecule has 0 fully saturated rings. The molecule has 4 heteroatoms. The lowest BCUT2D eigenvalue weighted by atomic mass is 10.0. The second-order valence-corrected chi connectivity index (χ2v) is 4.63. The summed E-state index contributed by atoms with van der Waals surface area (Å²) in [4.78, 5) is 4.18. The number of rotatable bonds is 3. The Morgan fingerprint density at radius 2 is 2.06 bits per heavy atom. The summed E-state index contributed by atoms with van der Waals surface area (Å²) >= 11 is 3.15. The summed E-state index contributed by atoms with van der Waals surface area (Å²) in [7, 11) is 0. The molecule has 0 saturated carbocycles. The minimum Gasteiger partial charge on any atom is -0.324 e. The van der Waals surface area contributed by atoms with Gasteiger partial charge >= 0.3 is 0 Å². The van der Waals surface area contributed by atoms with Gasteiger partial charge in [-0.3, -0.25) is 4.98 Å². The second-order valence-electron chi connectivity index (χ2n) is 3.77. The van der Waals surface area contributed by atoms with Gasteiger partial charge in [0, 0.05) is 29.9 Å². The maximum absolute atomic E-state index is 13.8. The molecule has 2 nitrogen and oxygen atoms in total. The van der Waals surface area contributed by atoms with Gasteiger partial charge in [-0.2, -0.15) is 0 Å². The lowest BCUT2D eigenvalue weighted by Crippen LogP contribution is -2.15. The van der Waals surface area contributed by atoms with Crippen LogP contribution in [0.3, 0.4) is 0 Å². The lowest BCUT2D eigenvalue weighted by molar-refractivity contribution is 0.572. The van der Waals surface area contributed by atoms with Crippen LogP contribution in [0.5, 0.6) is 0 Å². The van der Waals surface area contributed by atoms with Gasteiger partial charge in [0.25, 0.3) is 0 Å². The zero-order chi connectivity index (χ0) is 12.3. The first kappa shape index (κ1) is 12.2. The fourth-order valence-corrected chi connectivity index (χ4v) is 2.04. The quantitative estimate of drug-likeness (QED) is 0.944. The van der Waals surface area contributed by atoms with Gasteiger partial charge in [-0.05, 0) is 34.1 Å². The molecule has 0 aliphatic carbocycles. The third kappa shape index (κ3) is 2.90. The summed E-state index contributed by atoms with van der Waals surface area (Å²) in [6.45, 7) is 0. The summed E-state index contributed by atoms with van der Waals surface area (Å²) in [5, 5.41) is 0. The van der Waals surface area contributed by atoms with Gasteiger partial charge in [0.1, 0.15) is 5.82 Å². The molecular formula is C13H12BrFN2. The molecule has 2 N–H and O–H groups in total. The highest BCUT2D eigenvalue weighted by molar-refractivity contribution is 9.10. The van der Waals surface area contributed by atoms with Gasteiger partial charge in [0.15, 0.2) is 0 Å². The van der Waals surface area contributed by atoms with Crippen molar-refractivity contribution in [3.63, 3.8) is 0 Å². The highest BCUT2D eigenvalue weighted by atomic mass is 79.9. The second kappa shape index (κ2) is 5.38. The topological polar surface area (TPSA) is 38.9 Å². The third-order valence-corrected chi connectivity index (χ3v) is 3.15. The Morgan fingerprint density at radius 3 is 2.76 bits per heavy atom. The molecule has 1 atom stereocenters. The van der Waals surface area contributed by atoms with Crippen LogP contribution in [0, 0.1) is 5.82 Å². The first-order valence-corrected chi connectivity index (χ1v) is 6.07. The van der Waals surface area contributed by atoms with E-state index in [1.807, 2.05) is 18.2 Å². The first-order chi connectivity index (χ1) is 8.18. The zero-order valence-corrected chi connectivity index (χ0v) is 10.7. The summed E-state index contributed by atoms with van der Waals surface area (Å²) in [6.07, 6.45) is 2.23. The summed E-state index contributed by atoms with van der Waals surface area (Å²) < 4.78 is 14.2. The van der Waals surface area contributed by atoms with E-state index in [-0.39, 0.29) is 11.9 Å². The van der Waals surface area contributed by atoms with E-state index in [2.05, 4.69) is 20.9 Å². The number of hydrogen-bond donors (Lipinski definition) is 1. The summed E-state index contributed by atoms with van der Waals surface area (Å²) in [5.74, 6) is -0.295. The van der Waals surface area contributed by atoms with E-state index >= 15 is 0 Å². The van der Waals surface area contributed by atoms with E-state index in [1.165, 1.54) is 0 Å². The van der Waals surface area contributed by atoms with Crippen molar-refractivity contribution < 1.29 is 4.39 Å².